The number of H-pyrrole nitrogens is 1. The summed E-state index contributed by atoms with van der Waals surface area (Å²) in [5.41, 5.74) is 0.843. The molecule has 0 bridgehead atoms. The van der Waals surface area contributed by atoms with Crippen molar-refractivity contribution in [1.29, 1.82) is 0 Å². The summed E-state index contributed by atoms with van der Waals surface area (Å²) >= 11 is 0. The average Bonchev–Trinajstić information content (AvgIpc) is 2.91. The lowest BCUT2D eigenvalue weighted by Crippen LogP contribution is -2.28. The van der Waals surface area contributed by atoms with E-state index in [1.807, 2.05) is 0 Å². The first-order chi connectivity index (χ1) is 8.93. The fourth-order valence-corrected chi connectivity index (χ4v) is 1.79. The van der Waals surface area contributed by atoms with Gasteiger partial charge in [-0.1, -0.05) is 24.3 Å². The van der Waals surface area contributed by atoms with E-state index in [0.29, 0.717) is 16.7 Å². The van der Waals surface area contributed by atoms with Crippen LogP contribution in [0.15, 0.2) is 42.7 Å². The molecule has 0 unspecified atom stereocenters. The second-order valence-corrected chi connectivity index (χ2v) is 4.94. The molecule has 0 atom stereocenters. The van der Waals surface area contributed by atoms with E-state index in [0.717, 1.165) is 0 Å². The van der Waals surface area contributed by atoms with Crippen LogP contribution in [0.5, 0.6) is 0 Å². The zero-order valence-electron chi connectivity index (χ0n) is 10.8. The summed E-state index contributed by atoms with van der Waals surface area (Å²) in [6, 6.07) is 8.41. The van der Waals surface area contributed by atoms with Gasteiger partial charge in [0.1, 0.15) is 0 Å². The van der Waals surface area contributed by atoms with Gasteiger partial charge in [0.15, 0.2) is 5.78 Å². The number of carboxylic acids is 1. The summed E-state index contributed by atoms with van der Waals surface area (Å²) in [4.78, 5) is 26.1. The fourth-order valence-electron chi connectivity index (χ4n) is 1.79. The Morgan fingerprint density at radius 2 is 1.68 bits per heavy atom. The summed E-state index contributed by atoms with van der Waals surface area (Å²) in [5.74, 6) is -0.974. The van der Waals surface area contributed by atoms with Gasteiger partial charge in [-0.2, -0.15) is 0 Å². The molecule has 1 heterocycles. The Labute approximate surface area is 111 Å². The Hall–Kier alpha value is -2.36. The maximum atomic E-state index is 12.1. The van der Waals surface area contributed by atoms with E-state index < -0.39 is 11.4 Å². The molecule has 0 fully saturated rings. The first-order valence-electron chi connectivity index (χ1n) is 5.94. The predicted octanol–water partition coefficient (Wildman–Crippen LogP) is 2.61. The normalized spacial score (nSPS) is 11.3. The number of aromatic amines is 1. The van der Waals surface area contributed by atoms with E-state index >= 15 is 0 Å². The predicted molar refractivity (Wildman–Crippen MR) is 71.3 cm³/mol. The van der Waals surface area contributed by atoms with Crippen LogP contribution >= 0.6 is 0 Å². The Morgan fingerprint density at radius 1 is 1.05 bits per heavy atom. The molecule has 4 nitrogen and oxygen atoms in total. The smallest absolute Gasteiger partial charge is 0.313 e. The molecule has 19 heavy (non-hydrogen) atoms. The molecule has 2 rings (SSSR count). The van der Waals surface area contributed by atoms with Gasteiger partial charge < -0.3 is 10.1 Å². The van der Waals surface area contributed by atoms with Gasteiger partial charge in [-0.05, 0) is 25.5 Å². The van der Waals surface area contributed by atoms with Gasteiger partial charge in [-0.15, -0.1) is 0 Å². The number of benzene rings is 1. The molecule has 98 valence electrons. The van der Waals surface area contributed by atoms with E-state index in [9.17, 15) is 9.59 Å². The fraction of sp³-hybridized carbons (Fsp3) is 0.200. The van der Waals surface area contributed by atoms with Crippen LogP contribution in [0.2, 0.25) is 0 Å². The second kappa shape index (κ2) is 4.72. The summed E-state index contributed by atoms with van der Waals surface area (Å²) < 4.78 is 0. The van der Waals surface area contributed by atoms with Gasteiger partial charge in [0, 0.05) is 23.5 Å². The Balaban J connectivity index is 2.29. The summed E-state index contributed by atoms with van der Waals surface area (Å²) in [6.07, 6.45) is 3.33. The van der Waals surface area contributed by atoms with E-state index in [1.54, 1.807) is 56.6 Å². The maximum Gasteiger partial charge on any atom is 0.313 e. The van der Waals surface area contributed by atoms with Crippen molar-refractivity contribution in [3.05, 3.63) is 59.4 Å². The monoisotopic (exact) mass is 257 g/mol. The zero-order valence-corrected chi connectivity index (χ0v) is 10.8. The molecule has 4 heteroatoms. The van der Waals surface area contributed by atoms with Crippen molar-refractivity contribution < 1.29 is 14.7 Å². The molecule has 0 spiro atoms. The largest absolute Gasteiger partial charge is 0.481 e. The molecule has 0 saturated carbocycles. The number of aromatic nitrogens is 1. The summed E-state index contributed by atoms with van der Waals surface area (Å²) in [6.45, 7) is 3.27. The van der Waals surface area contributed by atoms with Crippen LogP contribution in [0, 0.1) is 0 Å². The molecule has 2 N–H and O–H groups in total. The minimum atomic E-state index is -0.963. The van der Waals surface area contributed by atoms with E-state index in [1.165, 1.54) is 0 Å². The van der Waals surface area contributed by atoms with Crippen LogP contribution in [-0.2, 0) is 10.2 Å². The quantitative estimate of drug-likeness (QED) is 0.827. The van der Waals surface area contributed by atoms with Crippen molar-refractivity contribution in [2.75, 3.05) is 0 Å². The van der Waals surface area contributed by atoms with Crippen molar-refractivity contribution >= 4 is 11.8 Å². The number of ketones is 1. The number of hydrogen-bond acceptors (Lipinski definition) is 2. The molecule has 0 aliphatic rings. The number of nitrogens with one attached hydrogen (secondary N) is 1. The topological polar surface area (TPSA) is 70.2 Å². The van der Waals surface area contributed by atoms with Gasteiger partial charge >= 0.3 is 5.97 Å². The van der Waals surface area contributed by atoms with Crippen LogP contribution in [0.25, 0.3) is 0 Å². The lowest BCUT2D eigenvalue weighted by Gasteiger charge is -2.19. The number of rotatable bonds is 4. The third-order valence-electron chi connectivity index (χ3n) is 3.26. The molecule has 0 amide bonds. The van der Waals surface area contributed by atoms with Crippen LogP contribution in [0.4, 0.5) is 0 Å². The number of carbonyl (C=O) groups excluding carboxylic acids is 1. The Kier molecular flexibility index (Phi) is 3.25. The minimum absolute atomic E-state index is 0.0825. The number of hydrogen-bond donors (Lipinski definition) is 2. The first kappa shape index (κ1) is 13.1. The number of carbonyl (C=O) groups is 2. The highest BCUT2D eigenvalue weighted by molar-refractivity contribution is 6.08. The van der Waals surface area contributed by atoms with E-state index in [-0.39, 0.29) is 5.78 Å². The van der Waals surface area contributed by atoms with Gasteiger partial charge in [0.05, 0.1) is 5.41 Å². The third-order valence-corrected chi connectivity index (χ3v) is 3.26. The summed E-state index contributed by atoms with van der Waals surface area (Å²) in [5, 5.41) is 9.15. The first-order valence-corrected chi connectivity index (χ1v) is 5.94. The van der Waals surface area contributed by atoms with Gasteiger partial charge in [0.2, 0.25) is 0 Å². The zero-order chi connectivity index (χ0) is 14.0. The maximum absolute atomic E-state index is 12.1. The van der Waals surface area contributed by atoms with Crippen LogP contribution in [0.1, 0.15) is 35.3 Å². The molecule has 1 aromatic carbocycles. The van der Waals surface area contributed by atoms with Crippen LogP contribution in [0.3, 0.4) is 0 Å². The van der Waals surface area contributed by atoms with Gasteiger partial charge in [-0.3, -0.25) is 9.59 Å². The van der Waals surface area contributed by atoms with Crippen LogP contribution < -0.4 is 0 Å². The molecule has 0 aliphatic carbocycles. The lowest BCUT2D eigenvalue weighted by atomic mass is 9.84. The van der Waals surface area contributed by atoms with Crippen molar-refractivity contribution in [3.8, 4) is 0 Å². The standard InChI is InChI=1S/C15H15NO3/c1-15(2,14(18)19)12-5-3-10(4-6-12)13(17)11-7-8-16-9-11/h3-9,16H,1-2H3,(H,18,19). The Bertz CT molecular complexity index is 595. The average molecular weight is 257 g/mol. The van der Waals surface area contributed by atoms with Crippen LogP contribution in [-0.4, -0.2) is 21.8 Å². The molecule has 2 aromatic rings. The molecule has 0 aliphatic heterocycles. The highest BCUT2D eigenvalue weighted by atomic mass is 16.4. The lowest BCUT2D eigenvalue weighted by molar-refractivity contribution is -0.142. The van der Waals surface area contributed by atoms with Crippen molar-refractivity contribution in [1.82, 2.24) is 4.98 Å². The van der Waals surface area contributed by atoms with Gasteiger partial charge in [0.25, 0.3) is 0 Å². The number of carboxylic acid groups (broad SMARTS) is 1. The van der Waals surface area contributed by atoms with Crippen molar-refractivity contribution in [3.63, 3.8) is 0 Å². The second-order valence-electron chi connectivity index (χ2n) is 4.94. The third kappa shape index (κ3) is 2.42. The highest BCUT2D eigenvalue weighted by Crippen LogP contribution is 2.24. The van der Waals surface area contributed by atoms with Crippen molar-refractivity contribution in [2.45, 2.75) is 19.3 Å². The van der Waals surface area contributed by atoms with Crippen molar-refractivity contribution in [2.24, 2.45) is 0 Å². The highest BCUT2D eigenvalue weighted by Gasteiger charge is 2.29. The molecular formula is C15H15NO3. The van der Waals surface area contributed by atoms with Gasteiger partial charge in [-0.25, -0.2) is 0 Å². The SMILES string of the molecule is CC(C)(C(=O)O)c1ccc(C(=O)c2cc[nH]c2)cc1. The van der Waals surface area contributed by atoms with E-state index in [4.69, 9.17) is 5.11 Å². The molecule has 0 saturated heterocycles. The minimum Gasteiger partial charge on any atom is -0.481 e. The molecular weight excluding hydrogens is 242 g/mol. The molecule has 0 radical (unpaired) electrons. The Morgan fingerprint density at radius 3 is 2.16 bits per heavy atom. The van der Waals surface area contributed by atoms with E-state index in [2.05, 4.69) is 4.98 Å². The summed E-state index contributed by atoms with van der Waals surface area (Å²) in [7, 11) is 0. The number of aliphatic carboxylic acids is 1. The molecule has 1 aromatic heterocycles.